The topological polar surface area (TPSA) is 129 Å². The fraction of sp³-hybridized carbons (Fsp3) is 0.895. The van der Waals surface area contributed by atoms with Crippen LogP contribution >= 0.6 is 0 Å². The van der Waals surface area contributed by atoms with Crippen molar-refractivity contribution in [1.82, 2.24) is 40.9 Å². The SMILES string of the molecule is CCC(C)(CC(C)(CC(C)(CC(C)(C)C(=O)NCCCN(C)C)C(=O)NCCCN(C)C)C(=O)NCCCN(C)C)C(=O)NCCCN(C)C. The number of hydrogen-bond donors (Lipinski definition) is 4. The Bertz CT molecular complexity index is 1030. The highest BCUT2D eigenvalue weighted by molar-refractivity contribution is 5.89. The molecular weight excluding hydrogens is 632 g/mol. The molecule has 50 heavy (non-hydrogen) atoms. The molecule has 3 atom stereocenters. The molecule has 0 aromatic heterocycles. The van der Waals surface area contributed by atoms with E-state index >= 15 is 0 Å². The van der Waals surface area contributed by atoms with Gasteiger partial charge in [0.05, 0.1) is 0 Å². The summed E-state index contributed by atoms with van der Waals surface area (Å²) in [4.78, 5) is 64.3. The molecule has 4 N–H and O–H groups in total. The molecule has 0 radical (unpaired) electrons. The van der Waals surface area contributed by atoms with E-state index in [-0.39, 0.29) is 42.9 Å². The first kappa shape index (κ1) is 47.7. The zero-order valence-corrected chi connectivity index (χ0v) is 34.7. The molecule has 0 bridgehead atoms. The molecule has 0 saturated carbocycles. The van der Waals surface area contributed by atoms with Crippen molar-refractivity contribution in [3.8, 4) is 0 Å². The van der Waals surface area contributed by atoms with Crippen LogP contribution < -0.4 is 21.3 Å². The normalized spacial score (nSPS) is 15.8. The second-order valence-electron chi connectivity index (χ2n) is 17.1. The second-order valence-corrected chi connectivity index (χ2v) is 17.1. The Morgan fingerprint density at radius 3 is 0.980 bits per heavy atom. The van der Waals surface area contributed by atoms with Crippen LogP contribution in [0.4, 0.5) is 0 Å². The van der Waals surface area contributed by atoms with Gasteiger partial charge >= 0.3 is 0 Å². The Balaban J connectivity index is 6.64. The van der Waals surface area contributed by atoms with E-state index in [2.05, 4.69) is 40.9 Å². The van der Waals surface area contributed by atoms with Crippen molar-refractivity contribution >= 4 is 23.6 Å². The van der Waals surface area contributed by atoms with E-state index in [0.29, 0.717) is 32.6 Å². The summed E-state index contributed by atoms with van der Waals surface area (Å²) < 4.78 is 0. The van der Waals surface area contributed by atoms with Crippen molar-refractivity contribution in [2.45, 2.75) is 92.9 Å². The Labute approximate surface area is 306 Å². The van der Waals surface area contributed by atoms with Crippen molar-refractivity contribution in [2.24, 2.45) is 21.7 Å². The van der Waals surface area contributed by atoms with Crippen LogP contribution in [-0.4, -0.2) is 152 Å². The third-order valence-electron chi connectivity index (χ3n) is 9.70. The lowest BCUT2D eigenvalue weighted by molar-refractivity contribution is -0.144. The predicted octanol–water partition coefficient (Wildman–Crippen LogP) is 2.88. The number of hydrogen-bond acceptors (Lipinski definition) is 8. The predicted molar refractivity (Wildman–Crippen MR) is 207 cm³/mol. The van der Waals surface area contributed by atoms with Gasteiger partial charge in [-0.25, -0.2) is 0 Å². The molecule has 294 valence electrons. The van der Waals surface area contributed by atoms with Gasteiger partial charge in [-0.15, -0.1) is 0 Å². The largest absolute Gasteiger partial charge is 0.356 e. The van der Waals surface area contributed by atoms with Gasteiger partial charge in [-0.05, 0) is 134 Å². The maximum atomic E-state index is 14.3. The molecule has 0 aromatic carbocycles. The molecule has 0 heterocycles. The van der Waals surface area contributed by atoms with Crippen molar-refractivity contribution in [1.29, 1.82) is 0 Å². The molecule has 4 amide bonds. The Morgan fingerprint density at radius 2 is 0.680 bits per heavy atom. The number of amides is 4. The molecule has 0 aromatic rings. The van der Waals surface area contributed by atoms with E-state index in [1.54, 1.807) is 0 Å². The van der Waals surface area contributed by atoms with E-state index in [9.17, 15) is 19.2 Å². The minimum atomic E-state index is -1.09. The number of carbonyl (C=O) groups is 4. The van der Waals surface area contributed by atoms with E-state index in [1.807, 2.05) is 97.9 Å². The van der Waals surface area contributed by atoms with Crippen LogP contribution in [0.2, 0.25) is 0 Å². The molecular formula is C38H78N8O4. The Kier molecular flexibility index (Phi) is 21.6. The van der Waals surface area contributed by atoms with Crippen LogP contribution in [0.15, 0.2) is 0 Å². The van der Waals surface area contributed by atoms with Crippen LogP contribution in [0.3, 0.4) is 0 Å². The molecule has 12 heteroatoms. The van der Waals surface area contributed by atoms with Gasteiger partial charge < -0.3 is 40.9 Å². The first-order valence-electron chi connectivity index (χ1n) is 18.8. The molecule has 0 fully saturated rings. The average molecular weight is 711 g/mol. The van der Waals surface area contributed by atoms with Gasteiger partial charge in [0.25, 0.3) is 0 Å². The van der Waals surface area contributed by atoms with Gasteiger partial charge in [0, 0.05) is 47.8 Å². The Hall–Kier alpha value is -2.28. The van der Waals surface area contributed by atoms with E-state index < -0.39 is 21.7 Å². The van der Waals surface area contributed by atoms with E-state index in [4.69, 9.17) is 0 Å². The van der Waals surface area contributed by atoms with Gasteiger partial charge in [-0.2, -0.15) is 0 Å². The van der Waals surface area contributed by atoms with Gasteiger partial charge in [0.15, 0.2) is 0 Å². The molecule has 0 rings (SSSR count). The molecule has 0 spiro atoms. The lowest BCUT2D eigenvalue weighted by Gasteiger charge is -2.44. The highest BCUT2D eigenvalue weighted by Gasteiger charge is 2.51. The van der Waals surface area contributed by atoms with Gasteiger partial charge in [0.2, 0.25) is 23.6 Å². The highest BCUT2D eigenvalue weighted by atomic mass is 16.2. The molecule has 3 unspecified atom stereocenters. The van der Waals surface area contributed by atoms with Gasteiger partial charge in [-0.1, -0.05) is 41.5 Å². The minimum absolute atomic E-state index is 0.0855. The Morgan fingerprint density at radius 1 is 0.420 bits per heavy atom. The zero-order chi connectivity index (χ0) is 38.8. The van der Waals surface area contributed by atoms with Crippen molar-refractivity contribution in [3.05, 3.63) is 0 Å². The van der Waals surface area contributed by atoms with Crippen LogP contribution in [0.1, 0.15) is 92.9 Å². The summed E-state index contributed by atoms with van der Waals surface area (Å²) in [5.41, 5.74) is -3.92. The van der Waals surface area contributed by atoms with Crippen molar-refractivity contribution in [2.75, 3.05) is 109 Å². The summed E-state index contributed by atoms with van der Waals surface area (Å²) >= 11 is 0. The number of carbonyl (C=O) groups excluding carboxylic acids is 4. The lowest BCUT2D eigenvalue weighted by Crippen LogP contribution is -2.53. The quantitative estimate of drug-likeness (QED) is 0.0959. The standard InChI is InChI=1S/C38H78N8O4/c1-15-36(4,32(48)40-21-17-25-44(9)10)29-38(6,34(50)42-23-19-27-46(13)14)30-37(5,33(49)41-22-18-26-45(11)12)28-35(2,3)31(47)39-20-16-24-43(7)8/h15-30H2,1-14H3,(H,39,47)(H,40,48)(H,41,49)(H,42,50). The monoisotopic (exact) mass is 711 g/mol. The van der Waals surface area contributed by atoms with Crippen LogP contribution in [0.25, 0.3) is 0 Å². The average Bonchev–Trinajstić information content (AvgIpc) is 3.00. The van der Waals surface area contributed by atoms with Crippen LogP contribution in [-0.2, 0) is 19.2 Å². The summed E-state index contributed by atoms with van der Waals surface area (Å²) in [6.07, 6.45) is 4.40. The van der Waals surface area contributed by atoms with E-state index in [0.717, 1.165) is 51.9 Å². The van der Waals surface area contributed by atoms with Crippen molar-refractivity contribution in [3.63, 3.8) is 0 Å². The molecule has 0 saturated heterocycles. The lowest BCUT2D eigenvalue weighted by atomic mass is 9.60. The summed E-state index contributed by atoms with van der Waals surface area (Å²) in [5.74, 6) is -0.553. The molecule has 0 aliphatic heterocycles. The summed E-state index contributed by atoms with van der Waals surface area (Å²) in [7, 11) is 16.0. The van der Waals surface area contributed by atoms with Gasteiger partial charge in [-0.3, -0.25) is 19.2 Å². The first-order chi connectivity index (χ1) is 23.0. The third-order valence-corrected chi connectivity index (χ3v) is 9.70. The summed E-state index contributed by atoms with van der Waals surface area (Å²) in [5, 5.41) is 12.5. The van der Waals surface area contributed by atoms with Crippen molar-refractivity contribution < 1.29 is 19.2 Å². The van der Waals surface area contributed by atoms with Crippen LogP contribution in [0.5, 0.6) is 0 Å². The maximum absolute atomic E-state index is 14.3. The van der Waals surface area contributed by atoms with Gasteiger partial charge in [0.1, 0.15) is 0 Å². The zero-order valence-electron chi connectivity index (χ0n) is 34.7. The van der Waals surface area contributed by atoms with E-state index in [1.165, 1.54) is 0 Å². The van der Waals surface area contributed by atoms with Crippen LogP contribution in [0, 0.1) is 21.7 Å². The third kappa shape index (κ3) is 18.3. The number of nitrogens with zero attached hydrogens (tertiary/aromatic N) is 4. The molecule has 0 aliphatic rings. The second kappa shape index (κ2) is 22.6. The first-order valence-corrected chi connectivity index (χ1v) is 18.8. The fourth-order valence-corrected chi connectivity index (χ4v) is 6.86. The molecule has 12 nitrogen and oxygen atoms in total. The smallest absolute Gasteiger partial charge is 0.226 e. The summed E-state index contributed by atoms with van der Waals surface area (Å²) in [6.45, 7) is 16.9. The minimum Gasteiger partial charge on any atom is -0.356 e. The molecule has 0 aliphatic carbocycles. The number of nitrogens with one attached hydrogen (secondary N) is 4. The fourth-order valence-electron chi connectivity index (χ4n) is 6.86. The highest BCUT2D eigenvalue weighted by Crippen LogP contribution is 2.48. The maximum Gasteiger partial charge on any atom is 0.226 e. The summed E-state index contributed by atoms with van der Waals surface area (Å²) in [6, 6.07) is 0. The number of rotatable bonds is 27.